The lowest BCUT2D eigenvalue weighted by molar-refractivity contribution is 0.102. The molecule has 1 aromatic heterocycles. The van der Waals surface area contributed by atoms with Crippen LogP contribution in [0.2, 0.25) is 0 Å². The molecule has 24 heavy (non-hydrogen) atoms. The van der Waals surface area contributed by atoms with Gasteiger partial charge in [0, 0.05) is 15.7 Å². The van der Waals surface area contributed by atoms with E-state index in [2.05, 4.69) is 20.6 Å². The molecule has 6 heteroatoms. The minimum absolute atomic E-state index is 0. The molecule has 126 valence electrons. The van der Waals surface area contributed by atoms with Gasteiger partial charge in [-0.2, -0.15) is 0 Å². The third kappa shape index (κ3) is 3.73. The number of hydrogen-bond acceptors (Lipinski definition) is 4. The molecule has 0 unspecified atom stereocenters. The summed E-state index contributed by atoms with van der Waals surface area (Å²) in [5.74, 6) is -0.347. The Bertz CT molecular complexity index is 881. The van der Waals surface area contributed by atoms with Gasteiger partial charge in [0.05, 0.1) is 11.9 Å². The molecule has 2 N–H and O–H groups in total. The summed E-state index contributed by atoms with van der Waals surface area (Å²) in [6, 6.07) is 15.1. The van der Waals surface area contributed by atoms with Crippen LogP contribution in [0.4, 0.5) is 21.6 Å². The number of anilines is 3. The number of aryl methyl sites for hydroxylation is 1. The predicted octanol–water partition coefficient (Wildman–Crippen LogP) is 4.66. The average Bonchev–Trinajstić information content (AvgIpc) is 2.57. The van der Waals surface area contributed by atoms with Crippen molar-refractivity contribution in [3.8, 4) is 0 Å². The maximum atomic E-state index is 13.2. The molecule has 0 aliphatic rings. The van der Waals surface area contributed by atoms with E-state index in [1.165, 1.54) is 18.3 Å². The zero-order valence-corrected chi connectivity index (χ0v) is 13.0. The Morgan fingerprint density at radius 1 is 1.08 bits per heavy atom. The van der Waals surface area contributed by atoms with Crippen LogP contribution in [0.15, 0.2) is 60.8 Å². The molecule has 0 saturated heterocycles. The van der Waals surface area contributed by atoms with Gasteiger partial charge in [-0.05, 0) is 37.3 Å². The maximum absolute atomic E-state index is 13.2. The van der Waals surface area contributed by atoms with Crippen LogP contribution in [0.1, 0.15) is 20.5 Å². The number of rotatable bonds is 4. The van der Waals surface area contributed by atoms with Crippen LogP contribution >= 0.6 is 0 Å². The average molecular weight is 328 g/mol. The van der Waals surface area contributed by atoms with Crippen LogP contribution in [0, 0.1) is 12.7 Å². The summed E-state index contributed by atoms with van der Waals surface area (Å²) in [7, 11) is 0. The van der Waals surface area contributed by atoms with Crippen LogP contribution < -0.4 is 10.6 Å². The van der Waals surface area contributed by atoms with Gasteiger partial charge in [-0.1, -0.05) is 24.3 Å². The first-order valence-electron chi connectivity index (χ1n) is 7.34. The van der Waals surface area contributed by atoms with Gasteiger partial charge in [0.1, 0.15) is 11.6 Å². The van der Waals surface area contributed by atoms with E-state index in [1.54, 1.807) is 31.2 Å². The number of carbonyl (C=O) groups excluding carboxylic acids is 1. The van der Waals surface area contributed by atoms with E-state index in [0.29, 0.717) is 22.9 Å². The van der Waals surface area contributed by atoms with Crippen LogP contribution in [0.3, 0.4) is 0 Å². The topological polar surface area (TPSA) is 66.9 Å². The summed E-state index contributed by atoms with van der Waals surface area (Å²) in [5.41, 5.74) is 1.92. The first-order valence-corrected chi connectivity index (χ1v) is 7.34. The van der Waals surface area contributed by atoms with E-state index in [9.17, 15) is 9.18 Å². The number of para-hydroxylation sites is 1. The second-order valence-electron chi connectivity index (χ2n) is 5.14. The van der Waals surface area contributed by atoms with Gasteiger partial charge in [0.25, 0.3) is 5.91 Å². The number of nitrogens with zero attached hydrogens (tertiary/aromatic N) is 2. The summed E-state index contributed by atoms with van der Waals surface area (Å²) >= 11 is 0. The maximum Gasteiger partial charge on any atom is 0.276 e. The first-order chi connectivity index (χ1) is 11.6. The molecule has 2 aromatic carbocycles. The zero-order chi connectivity index (χ0) is 16.9. The van der Waals surface area contributed by atoms with E-state index in [0.717, 1.165) is 0 Å². The Kier molecular flexibility index (Phi) is 4.47. The Morgan fingerprint density at radius 2 is 1.83 bits per heavy atom. The lowest BCUT2D eigenvalue weighted by Gasteiger charge is -2.10. The fourth-order valence-corrected chi connectivity index (χ4v) is 2.15. The van der Waals surface area contributed by atoms with Crippen LogP contribution in [0.25, 0.3) is 0 Å². The molecule has 0 aliphatic carbocycles. The van der Waals surface area contributed by atoms with E-state index in [-0.39, 0.29) is 21.7 Å². The normalized spacial score (nSPS) is 10.2. The number of benzene rings is 2. The quantitative estimate of drug-likeness (QED) is 0.731. The molecule has 0 saturated carbocycles. The van der Waals surface area contributed by atoms with Gasteiger partial charge in [-0.25, -0.2) is 9.37 Å². The predicted molar refractivity (Wildman–Crippen MR) is 97.2 cm³/mol. The molecule has 0 spiro atoms. The Balaban J connectivity index is 0.00000225. The fourth-order valence-electron chi connectivity index (χ4n) is 2.15. The Morgan fingerprint density at radius 3 is 2.58 bits per heavy atom. The monoisotopic (exact) mass is 328 g/mol. The fraction of sp³-hybridized carbons (Fsp3) is 0.0556. The molecule has 0 fully saturated rings. The standard InChI is InChI=1S/C18H15FN4O.3H2/c1-12-17(18(24)22-14-7-3-2-4-8-14)23-16(11-20-12)21-15-9-5-6-13(19)10-15;;;/h2-11H,1H3,(H,21,23)(H,22,24);3*1H. The van der Waals surface area contributed by atoms with Crippen molar-refractivity contribution in [1.29, 1.82) is 0 Å². The smallest absolute Gasteiger partial charge is 0.276 e. The van der Waals surface area contributed by atoms with Crippen molar-refractivity contribution in [3.63, 3.8) is 0 Å². The van der Waals surface area contributed by atoms with Crippen molar-refractivity contribution >= 4 is 23.1 Å². The second kappa shape index (κ2) is 6.87. The van der Waals surface area contributed by atoms with Gasteiger partial charge < -0.3 is 10.6 Å². The molecule has 3 aromatic rings. The molecule has 0 bridgehead atoms. The zero-order valence-electron chi connectivity index (χ0n) is 13.0. The SMILES string of the molecule is Cc1ncc(Nc2cccc(F)c2)nc1C(=O)Nc1ccccc1.[HH].[HH].[HH]. The number of aromatic nitrogens is 2. The number of carbonyl (C=O) groups is 1. The molecular weight excluding hydrogens is 307 g/mol. The van der Waals surface area contributed by atoms with Crippen LogP contribution in [0.5, 0.6) is 0 Å². The molecule has 0 radical (unpaired) electrons. The summed E-state index contributed by atoms with van der Waals surface area (Å²) in [6.07, 6.45) is 1.50. The highest BCUT2D eigenvalue weighted by molar-refractivity contribution is 6.03. The molecule has 0 aliphatic heterocycles. The Hall–Kier alpha value is -3.28. The Labute approximate surface area is 143 Å². The highest BCUT2D eigenvalue weighted by atomic mass is 19.1. The van der Waals surface area contributed by atoms with Gasteiger partial charge >= 0.3 is 0 Å². The molecule has 1 heterocycles. The number of halogens is 1. The third-order valence-corrected chi connectivity index (χ3v) is 3.30. The largest absolute Gasteiger partial charge is 0.339 e. The summed E-state index contributed by atoms with van der Waals surface area (Å²) in [5, 5.41) is 5.71. The molecule has 5 nitrogen and oxygen atoms in total. The molecule has 1 amide bonds. The van der Waals surface area contributed by atoms with E-state index >= 15 is 0 Å². The second-order valence-corrected chi connectivity index (χ2v) is 5.14. The van der Waals surface area contributed by atoms with Crippen molar-refractivity contribution in [1.82, 2.24) is 9.97 Å². The van der Waals surface area contributed by atoms with Crippen molar-refractivity contribution in [2.75, 3.05) is 10.6 Å². The highest BCUT2D eigenvalue weighted by Crippen LogP contribution is 2.17. The van der Waals surface area contributed by atoms with Gasteiger partial charge in [0.2, 0.25) is 0 Å². The van der Waals surface area contributed by atoms with Crippen molar-refractivity contribution in [3.05, 3.63) is 78.0 Å². The van der Waals surface area contributed by atoms with Crippen LogP contribution in [-0.2, 0) is 0 Å². The van der Waals surface area contributed by atoms with Crippen molar-refractivity contribution < 1.29 is 13.5 Å². The highest BCUT2D eigenvalue weighted by Gasteiger charge is 2.13. The molecule has 0 atom stereocenters. The van der Waals surface area contributed by atoms with Crippen molar-refractivity contribution in [2.45, 2.75) is 6.92 Å². The minimum atomic E-state index is -0.359. The number of amides is 1. The summed E-state index contributed by atoms with van der Waals surface area (Å²) in [6.45, 7) is 1.71. The van der Waals surface area contributed by atoms with E-state index in [1.807, 2.05) is 18.2 Å². The van der Waals surface area contributed by atoms with Gasteiger partial charge in [-0.3, -0.25) is 9.78 Å². The number of hydrogen-bond donors (Lipinski definition) is 2. The van der Waals surface area contributed by atoms with Gasteiger partial charge in [0.15, 0.2) is 5.69 Å². The summed E-state index contributed by atoms with van der Waals surface area (Å²) in [4.78, 5) is 20.9. The lowest BCUT2D eigenvalue weighted by Crippen LogP contribution is -2.16. The van der Waals surface area contributed by atoms with Gasteiger partial charge in [-0.15, -0.1) is 0 Å². The van der Waals surface area contributed by atoms with Crippen LogP contribution in [-0.4, -0.2) is 15.9 Å². The third-order valence-electron chi connectivity index (χ3n) is 3.30. The van der Waals surface area contributed by atoms with Crippen molar-refractivity contribution in [2.24, 2.45) is 0 Å². The molecule has 3 rings (SSSR count). The number of nitrogens with one attached hydrogen (secondary N) is 2. The van der Waals surface area contributed by atoms with E-state index < -0.39 is 0 Å². The van der Waals surface area contributed by atoms with E-state index in [4.69, 9.17) is 0 Å². The minimum Gasteiger partial charge on any atom is -0.339 e. The first kappa shape index (κ1) is 15.6. The summed E-state index contributed by atoms with van der Waals surface area (Å²) < 4.78 is 13.2. The molecular formula is C18H21FN4O. The lowest BCUT2D eigenvalue weighted by atomic mass is 10.2.